The summed E-state index contributed by atoms with van der Waals surface area (Å²) in [4.78, 5) is 0. The lowest BCUT2D eigenvalue weighted by atomic mass is 10.2. The van der Waals surface area contributed by atoms with Crippen LogP contribution in [0.2, 0.25) is 23.7 Å². The van der Waals surface area contributed by atoms with Gasteiger partial charge in [0.25, 0.3) is 8.32 Å². The van der Waals surface area contributed by atoms with Crippen molar-refractivity contribution in [1.82, 2.24) is 0 Å². The van der Waals surface area contributed by atoms with Gasteiger partial charge >= 0.3 is 0 Å². The molecule has 0 aliphatic rings. The Hall–Kier alpha value is -2.21. The fourth-order valence-corrected chi connectivity index (χ4v) is 11.9. The summed E-state index contributed by atoms with van der Waals surface area (Å²) in [5.74, 6) is 0. The minimum Gasteiger partial charge on any atom is -0.407 e. The Morgan fingerprint density at radius 2 is 1.13 bits per heavy atom. The number of rotatable bonds is 8. The summed E-state index contributed by atoms with van der Waals surface area (Å²) in [7, 11) is -4.32. The highest BCUT2D eigenvalue weighted by molar-refractivity contribution is 6.99. The van der Waals surface area contributed by atoms with Crippen molar-refractivity contribution in [3.05, 3.63) is 104 Å². The van der Waals surface area contributed by atoms with E-state index in [0.717, 1.165) is 0 Å². The Morgan fingerprint density at radius 3 is 1.48 bits per heavy atom. The van der Waals surface area contributed by atoms with Crippen molar-refractivity contribution in [1.29, 1.82) is 0 Å². The van der Waals surface area contributed by atoms with Crippen LogP contribution >= 0.6 is 0 Å². The molecule has 0 N–H and O–H groups in total. The number of benzene rings is 3. The summed E-state index contributed by atoms with van der Waals surface area (Å²) in [6.45, 7) is 16.8. The van der Waals surface area contributed by atoms with Crippen molar-refractivity contribution in [2.75, 3.05) is 6.61 Å². The Morgan fingerprint density at radius 1 is 0.742 bits per heavy atom. The predicted molar refractivity (Wildman–Crippen MR) is 141 cm³/mol. The van der Waals surface area contributed by atoms with Gasteiger partial charge in [-0.1, -0.05) is 136 Å². The Balaban J connectivity index is 2.06. The first-order valence-corrected chi connectivity index (χ1v) is 16.1. The van der Waals surface area contributed by atoms with E-state index in [1.165, 1.54) is 15.6 Å². The van der Waals surface area contributed by atoms with E-state index in [-0.39, 0.29) is 5.04 Å². The molecule has 3 rings (SSSR count). The maximum Gasteiger partial charge on any atom is 0.261 e. The average Bonchev–Trinajstić information content (AvgIpc) is 2.77. The molecule has 0 radical (unpaired) electrons. The zero-order chi connectivity index (χ0) is 22.5. The summed E-state index contributed by atoms with van der Waals surface area (Å²) in [6, 6.07) is 32.7. The lowest BCUT2D eigenvalue weighted by Gasteiger charge is -2.44. The topological polar surface area (TPSA) is 9.23 Å². The molecule has 162 valence electrons. The standard InChI is InChI=1S/C28H36OSi2/c1-7-24(30(5,6)25-17-11-8-12-18-25)23-29-31(28(2,3)4,26-19-13-9-14-20-26)27-21-15-10-16-22-27/h7-22,24H,1,23H2,2-6H3/t24-/m1/s1. The van der Waals surface area contributed by atoms with Crippen molar-refractivity contribution in [3.63, 3.8) is 0 Å². The minimum atomic E-state index is -2.53. The quantitative estimate of drug-likeness (QED) is 0.318. The normalized spacial score (nSPS) is 13.6. The van der Waals surface area contributed by atoms with Gasteiger partial charge < -0.3 is 4.43 Å². The van der Waals surface area contributed by atoms with Crippen LogP contribution in [0.5, 0.6) is 0 Å². The minimum absolute atomic E-state index is 0.0140. The highest BCUT2D eigenvalue weighted by Gasteiger charge is 2.50. The maximum absolute atomic E-state index is 7.23. The average molecular weight is 445 g/mol. The fraction of sp³-hybridized carbons (Fsp3) is 0.286. The van der Waals surface area contributed by atoms with Gasteiger partial charge in [-0.05, 0) is 21.0 Å². The second-order valence-corrected chi connectivity index (χ2v) is 19.0. The van der Waals surface area contributed by atoms with E-state index in [1.54, 1.807) is 0 Å². The van der Waals surface area contributed by atoms with Crippen molar-refractivity contribution in [3.8, 4) is 0 Å². The molecule has 0 aliphatic carbocycles. The van der Waals surface area contributed by atoms with Gasteiger partial charge in [-0.25, -0.2) is 0 Å². The van der Waals surface area contributed by atoms with E-state index in [0.29, 0.717) is 12.1 Å². The molecule has 1 atom stereocenters. The molecule has 0 amide bonds. The Bertz CT molecular complexity index is 921. The zero-order valence-corrected chi connectivity index (χ0v) is 21.6. The summed E-state index contributed by atoms with van der Waals surface area (Å²) >= 11 is 0. The molecule has 0 heterocycles. The zero-order valence-electron chi connectivity index (χ0n) is 19.6. The van der Waals surface area contributed by atoms with Gasteiger partial charge in [0.15, 0.2) is 0 Å². The highest BCUT2D eigenvalue weighted by Crippen LogP contribution is 2.38. The summed E-state index contributed by atoms with van der Waals surface area (Å²) < 4.78 is 7.23. The van der Waals surface area contributed by atoms with Crippen LogP contribution in [0.1, 0.15) is 20.8 Å². The Kier molecular flexibility index (Phi) is 7.20. The first-order chi connectivity index (χ1) is 14.7. The van der Waals surface area contributed by atoms with E-state index in [1.807, 2.05) is 0 Å². The molecule has 3 aromatic rings. The van der Waals surface area contributed by atoms with Crippen molar-refractivity contribution in [2.24, 2.45) is 0 Å². The molecule has 1 nitrogen and oxygen atoms in total. The van der Waals surface area contributed by atoms with E-state index >= 15 is 0 Å². The van der Waals surface area contributed by atoms with Gasteiger partial charge in [0, 0.05) is 6.61 Å². The third kappa shape index (κ3) is 4.69. The van der Waals surface area contributed by atoms with Gasteiger partial charge in [0.2, 0.25) is 0 Å². The van der Waals surface area contributed by atoms with Crippen molar-refractivity contribution < 1.29 is 4.43 Å². The molecular formula is C28H36OSi2. The van der Waals surface area contributed by atoms with Gasteiger partial charge in [-0.3, -0.25) is 0 Å². The van der Waals surface area contributed by atoms with E-state index in [4.69, 9.17) is 4.43 Å². The van der Waals surface area contributed by atoms with Crippen LogP contribution in [0.4, 0.5) is 0 Å². The van der Waals surface area contributed by atoms with E-state index in [9.17, 15) is 0 Å². The van der Waals surface area contributed by atoms with Crippen LogP contribution in [-0.2, 0) is 4.43 Å². The van der Waals surface area contributed by atoms with Gasteiger partial charge in [0.05, 0.1) is 8.07 Å². The van der Waals surface area contributed by atoms with Gasteiger partial charge in [-0.2, -0.15) is 0 Å². The summed E-state index contributed by atoms with van der Waals surface area (Å²) in [5, 5.41) is 4.09. The third-order valence-corrected chi connectivity index (χ3v) is 15.7. The van der Waals surface area contributed by atoms with Crippen LogP contribution in [0.3, 0.4) is 0 Å². The second-order valence-electron chi connectivity index (χ2n) is 9.90. The SMILES string of the molecule is C=C[C@H](CO[Si](c1ccccc1)(c1ccccc1)C(C)(C)C)[Si](C)(C)c1ccccc1. The summed E-state index contributed by atoms with van der Waals surface area (Å²) in [5.41, 5.74) is 0.330. The van der Waals surface area contributed by atoms with Crippen molar-refractivity contribution in [2.45, 2.75) is 44.4 Å². The number of hydrogen-bond donors (Lipinski definition) is 0. The van der Waals surface area contributed by atoms with E-state index in [2.05, 4.69) is 138 Å². The number of hydrogen-bond acceptors (Lipinski definition) is 1. The third-order valence-electron chi connectivity index (χ3n) is 6.63. The lowest BCUT2D eigenvalue weighted by molar-refractivity contribution is 0.302. The van der Waals surface area contributed by atoms with Crippen LogP contribution in [0.15, 0.2) is 104 Å². The molecule has 0 unspecified atom stereocenters. The monoisotopic (exact) mass is 444 g/mol. The molecule has 0 saturated heterocycles. The van der Waals surface area contributed by atoms with Crippen LogP contribution in [0.25, 0.3) is 0 Å². The molecule has 0 saturated carbocycles. The predicted octanol–water partition coefficient (Wildman–Crippen LogP) is 5.73. The van der Waals surface area contributed by atoms with Gasteiger partial charge in [-0.15, -0.1) is 6.58 Å². The second kappa shape index (κ2) is 9.51. The molecule has 0 fully saturated rings. The highest BCUT2D eigenvalue weighted by atomic mass is 28.4. The molecular weight excluding hydrogens is 408 g/mol. The maximum atomic E-state index is 7.23. The molecule has 3 heteroatoms. The fourth-order valence-electron chi connectivity index (χ4n) is 4.63. The molecule has 3 aromatic carbocycles. The summed E-state index contributed by atoms with van der Waals surface area (Å²) in [6.07, 6.45) is 2.14. The smallest absolute Gasteiger partial charge is 0.261 e. The molecule has 31 heavy (non-hydrogen) atoms. The largest absolute Gasteiger partial charge is 0.407 e. The van der Waals surface area contributed by atoms with Crippen LogP contribution in [-0.4, -0.2) is 23.0 Å². The first kappa shape index (κ1) is 23.5. The van der Waals surface area contributed by atoms with Crippen LogP contribution < -0.4 is 15.6 Å². The van der Waals surface area contributed by atoms with E-state index < -0.39 is 16.4 Å². The van der Waals surface area contributed by atoms with Crippen molar-refractivity contribution >= 4 is 32.0 Å². The molecule has 0 aliphatic heterocycles. The van der Waals surface area contributed by atoms with Gasteiger partial charge in [0.1, 0.15) is 0 Å². The lowest BCUT2D eigenvalue weighted by Crippen LogP contribution is -2.67. The molecule has 0 bridgehead atoms. The first-order valence-electron chi connectivity index (χ1n) is 11.2. The molecule has 0 spiro atoms. The molecule has 0 aromatic heterocycles. The van der Waals surface area contributed by atoms with Crippen LogP contribution in [0, 0.1) is 0 Å². The Labute approximate surface area is 191 Å².